The number of imidazole rings is 1. The molecular weight excluding hydrogens is 260 g/mol. The van der Waals surface area contributed by atoms with Crippen LogP contribution in [-0.4, -0.2) is 15.6 Å². The third-order valence-corrected chi connectivity index (χ3v) is 3.28. The van der Waals surface area contributed by atoms with E-state index in [1.165, 1.54) is 23.0 Å². The Morgan fingerprint density at radius 1 is 1.20 bits per heavy atom. The van der Waals surface area contributed by atoms with Crippen molar-refractivity contribution < 1.29 is 8.78 Å². The van der Waals surface area contributed by atoms with Crippen molar-refractivity contribution in [2.45, 2.75) is 40.3 Å². The van der Waals surface area contributed by atoms with Crippen molar-refractivity contribution in [3.8, 4) is 5.69 Å². The van der Waals surface area contributed by atoms with Crippen LogP contribution in [0.4, 0.5) is 8.78 Å². The summed E-state index contributed by atoms with van der Waals surface area (Å²) in [6.07, 6.45) is 1.44. The van der Waals surface area contributed by atoms with Gasteiger partial charge in [0.15, 0.2) is 11.6 Å². The van der Waals surface area contributed by atoms with Crippen molar-refractivity contribution in [3.63, 3.8) is 0 Å². The Morgan fingerprint density at radius 2 is 1.80 bits per heavy atom. The summed E-state index contributed by atoms with van der Waals surface area (Å²) in [5.41, 5.74) is 2.01. The molecule has 0 aliphatic rings. The van der Waals surface area contributed by atoms with Crippen LogP contribution in [0.1, 0.15) is 30.8 Å². The van der Waals surface area contributed by atoms with Crippen LogP contribution >= 0.6 is 0 Å². The van der Waals surface area contributed by atoms with Crippen molar-refractivity contribution in [1.29, 1.82) is 0 Å². The van der Waals surface area contributed by atoms with Crippen LogP contribution < -0.4 is 5.32 Å². The molecule has 0 bridgehead atoms. The highest BCUT2D eigenvalue weighted by Crippen LogP contribution is 2.22. The Bertz CT molecular complexity index is 595. The Labute approximate surface area is 117 Å². The number of benzene rings is 1. The Morgan fingerprint density at radius 3 is 2.25 bits per heavy atom. The summed E-state index contributed by atoms with van der Waals surface area (Å²) < 4.78 is 29.8. The number of aryl methyl sites for hydroxylation is 1. The number of aromatic nitrogens is 2. The Kier molecular flexibility index (Phi) is 4.18. The SMILES string of the molecule is Cc1ncn(-c2c(F)cc(CNC(C)C)cc2F)c1C. The average Bonchev–Trinajstić information content (AvgIpc) is 2.68. The first kappa shape index (κ1) is 14.7. The fourth-order valence-electron chi connectivity index (χ4n) is 2.00. The lowest BCUT2D eigenvalue weighted by atomic mass is 10.1. The highest BCUT2D eigenvalue weighted by atomic mass is 19.1. The number of hydrogen-bond donors (Lipinski definition) is 1. The zero-order valence-corrected chi connectivity index (χ0v) is 12.2. The molecule has 1 N–H and O–H groups in total. The predicted octanol–water partition coefficient (Wildman–Crippen LogP) is 3.27. The molecule has 0 fully saturated rings. The topological polar surface area (TPSA) is 29.9 Å². The van der Waals surface area contributed by atoms with Crippen LogP contribution in [0.15, 0.2) is 18.5 Å². The van der Waals surface area contributed by atoms with E-state index in [9.17, 15) is 8.78 Å². The highest BCUT2D eigenvalue weighted by Gasteiger charge is 2.16. The fraction of sp³-hybridized carbons (Fsp3) is 0.400. The monoisotopic (exact) mass is 279 g/mol. The van der Waals surface area contributed by atoms with E-state index >= 15 is 0 Å². The fourth-order valence-corrected chi connectivity index (χ4v) is 2.00. The molecule has 0 saturated heterocycles. The van der Waals surface area contributed by atoms with Gasteiger partial charge in [0.2, 0.25) is 0 Å². The van der Waals surface area contributed by atoms with Crippen LogP contribution in [0.2, 0.25) is 0 Å². The molecule has 0 saturated carbocycles. The van der Waals surface area contributed by atoms with E-state index in [0.29, 0.717) is 12.1 Å². The molecule has 2 aromatic rings. The molecule has 0 atom stereocenters. The van der Waals surface area contributed by atoms with Crippen molar-refractivity contribution in [1.82, 2.24) is 14.9 Å². The number of halogens is 2. The maximum atomic E-state index is 14.2. The number of hydrogen-bond acceptors (Lipinski definition) is 2. The summed E-state index contributed by atoms with van der Waals surface area (Å²) in [6, 6.07) is 2.99. The van der Waals surface area contributed by atoms with Crippen molar-refractivity contribution in [3.05, 3.63) is 47.0 Å². The zero-order valence-electron chi connectivity index (χ0n) is 12.2. The lowest BCUT2D eigenvalue weighted by Crippen LogP contribution is -2.22. The molecule has 0 aliphatic carbocycles. The summed E-state index contributed by atoms with van der Waals surface area (Å²) in [6.45, 7) is 8.00. The second-order valence-corrected chi connectivity index (χ2v) is 5.23. The van der Waals surface area contributed by atoms with Gasteiger partial charge >= 0.3 is 0 Å². The van der Waals surface area contributed by atoms with E-state index in [0.717, 1.165) is 11.4 Å². The van der Waals surface area contributed by atoms with Crippen molar-refractivity contribution in [2.24, 2.45) is 0 Å². The van der Waals surface area contributed by atoms with Gasteiger partial charge in [-0.05, 0) is 31.5 Å². The normalized spacial score (nSPS) is 11.3. The maximum Gasteiger partial charge on any atom is 0.150 e. The Balaban J connectivity index is 2.39. The van der Waals surface area contributed by atoms with Gasteiger partial charge < -0.3 is 5.32 Å². The third-order valence-electron chi connectivity index (χ3n) is 3.28. The van der Waals surface area contributed by atoms with Crippen molar-refractivity contribution in [2.75, 3.05) is 0 Å². The highest BCUT2D eigenvalue weighted by molar-refractivity contribution is 5.40. The molecule has 108 valence electrons. The molecule has 3 nitrogen and oxygen atoms in total. The van der Waals surface area contributed by atoms with E-state index in [4.69, 9.17) is 0 Å². The first-order chi connectivity index (χ1) is 9.40. The van der Waals surface area contributed by atoms with Gasteiger partial charge in [-0.15, -0.1) is 0 Å². The van der Waals surface area contributed by atoms with E-state index in [-0.39, 0.29) is 11.7 Å². The third kappa shape index (κ3) is 2.88. The first-order valence-electron chi connectivity index (χ1n) is 6.62. The van der Waals surface area contributed by atoms with Crippen LogP contribution in [0, 0.1) is 25.5 Å². The molecule has 2 rings (SSSR count). The smallest absolute Gasteiger partial charge is 0.150 e. The summed E-state index contributed by atoms with van der Waals surface area (Å²) in [5.74, 6) is -1.16. The van der Waals surface area contributed by atoms with E-state index in [1.807, 2.05) is 20.8 Å². The second kappa shape index (κ2) is 5.71. The average molecular weight is 279 g/mol. The van der Waals surface area contributed by atoms with Crippen LogP contribution in [0.3, 0.4) is 0 Å². The van der Waals surface area contributed by atoms with Crippen LogP contribution in [0.25, 0.3) is 5.69 Å². The molecule has 20 heavy (non-hydrogen) atoms. The van der Waals surface area contributed by atoms with Crippen LogP contribution in [0.5, 0.6) is 0 Å². The molecule has 0 radical (unpaired) electrons. The molecule has 0 spiro atoms. The molecule has 1 aromatic heterocycles. The number of nitrogens with one attached hydrogen (secondary N) is 1. The van der Waals surface area contributed by atoms with Gasteiger partial charge in [0.05, 0.1) is 12.0 Å². The van der Waals surface area contributed by atoms with Crippen molar-refractivity contribution >= 4 is 0 Å². The minimum atomic E-state index is -0.578. The molecule has 5 heteroatoms. The molecule has 0 amide bonds. The summed E-state index contributed by atoms with van der Waals surface area (Å²) in [4.78, 5) is 4.07. The summed E-state index contributed by atoms with van der Waals surface area (Å²) in [5, 5.41) is 3.14. The van der Waals surface area contributed by atoms with Crippen LogP contribution in [-0.2, 0) is 6.54 Å². The number of nitrogens with zero attached hydrogens (tertiary/aromatic N) is 2. The lowest BCUT2D eigenvalue weighted by Gasteiger charge is -2.12. The van der Waals surface area contributed by atoms with Gasteiger partial charge in [0, 0.05) is 18.3 Å². The lowest BCUT2D eigenvalue weighted by molar-refractivity contribution is 0.551. The van der Waals surface area contributed by atoms with Gasteiger partial charge in [0.1, 0.15) is 5.69 Å². The maximum absolute atomic E-state index is 14.2. The molecule has 0 aliphatic heterocycles. The quantitative estimate of drug-likeness (QED) is 0.931. The Hall–Kier alpha value is -1.75. The largest absolute Gasteiger partial charge is 0.310 e. The minimum absolute atomic E-state index is 0.0728. The molecule has 1 heterocycles. The predicted molar refractivity (Wildman–Crippen MR) is 74.9 cm³/mol. The summed E-state index contributed by atoms with van der Waals surface area (Å²) >= 11 is 0. The summed E-state index contributed by atoms with van der Waals surface area (Å²) in [7, 11) is 0. The second-order valence-electron chi connectivity index (χ2n) is 5.23. The van der Waals surface area contributed by atoms with Gasteiger partial charge in [-0.3, -0.25) is 4.57 Å². The van der Waals surface area contributed by atoms with E-state index in [2.05, 4.69) is 10.3 Å². The van der Waals surface area contributed by atoms with Gasteiger partial charge in [-0.2, -0.15) is 0 Å². The first-order valence-corrected chi connectivity index (χ1v) is 6.62. The van der Waals surface area contributed by atoms with E-state index < -0.39 is 11.6 Å². The standard InChI is InChI=1S/C15H19F2N3/c1-9(2)18-7-12-5-13(16)15(14(17)6-12)20-8-19-10(3)11(20)4/h5-6,8-9,18H,7H2,1-4H3. The molecule has 0 unspecified atom stereocenters. The number of rotatable bonds is 4. The zero-order chi connectivity index (χ0) is 14.9. The molecular formula is C15H19F2N3. The molecule has 1 aromatic carbocycles. The van der Waals surface area contributed by atoms with Gasteiger partial charge in [-0.25, -0.2) is 13.8 Å². The van der Waals surface area contributed by atoms with Gasteiger partial charge in [-0.1, -0.05) is 13.8 Å². The van der Waals surface area contributed by atoms with Gasteiger partial charge in [0.25, 0.3) is 0 Å². The van der Waals surface area contributed by atoms with E-state index in [1.54, 1.807) is 6.92 Å². The minimum Gasteiger partial charge on any atom is -0.310 e.